The highest BCUT2D eigenvalue weighted by Crippen LogP contribution is 2.35. The summed E-state index contributed by atoms with van der Waals surface area (Å²) in [6.45, 7) is 2.00. The number of benzene rings is 1. The van der Waals surface area contributed by atoms with Gasteiger partial charge in [0, 0.05) is 47.2 Å². The van der Waals surface area contributed by atoms with Gasteiger partial charge in [-0.3, -0.25) is 0 Å². The molecule has 7 nitrogen and oxygen atoms in total. The van der Waals surface area contributed by atoms with E-state index in [1.54, 1.807) is 25.4 Å². The van der Waals surface area contributed by atoms with Crippen LogP contribution < -0.4 is 15.4 Å². The van der Waals surface area contributed by atoms with E-state index in [-0.39, 0.29) is 0 Å². The molecule has 3 heterocycles. The summed E-state index contributed by atoms with van der Waals surface area (Å²) in [5.74, 6) is 0.575. The van der Waals surface area contributed by atoms with Gasteiger partial charge < -0.3 is 25.8 Å². The smallest absolute Gasteiger partial charge is 0.156 e. The highest BCUT2D eigenvalue weighted by atomic mass is 35.5. The standard InChI is InChI=1S/C22H24Cl2N6O/c1-31-19-3-2-17(23)16(20(19)24)8-13-10-28-22-21(13)30-18(12-29-22)14(9-25)11-27-15-4-6-26-7-5-15/h2-3,9-12,15,25-27H,4-8H2,1H3,(H,28,29)/b14-11+,25-9?. The number of hydrogen-bond acceptors (Lipinski definition) is 6. The maximum atomic E-state index is 7.85. The lowest BCUT2D eigenvalue weighted by atomic mass is 10.1. The molecule has 0 bridgehead atoms. The van der Waals surface area contributed by atoms with Crippen molar-refractivity contribution in [1.29, 1.82) is 5.41 Å². The molecule has 0 aliphatic carbocycles. The van der Waals surface area contributed by atoms with Crippen LogP contribution in [0, 0.1) is 5.41 Å². The van der Waals surface area contributed by atoms with E-state index in [0.29, 0.717) is 45.2 Å². The van der Waals surface area contributed by atoms with Gasteiger partial charge in [0.05, 0.1) is 24.0 Å². The molecule has 0 saturated carbocycles. The van der Waals surface area contributed by atoms with Crippen LogP contribution in [0.5, 0.6) is 5.75 Å². The third kappa shape index (κ3) is 4.69. The molecule has 4 rings (SSSR count). The molecule has 1 aliphatic heterocycles. The molecule has 2 aromatic heterocycles. The average Bonchev–Trinajstić information content (AvgIpc) is 3.20. The zero-order valence-corrected chi connectivity index (χ0v) is 18.6. The van der Waals surface area contributed by atoms with Crippen LogP contribution in [0.4, 0.5) is 0 Å². The molecule has 4 N–H and O–H groups in total. The molecule has 0 atom stereocenters. The van der Waals surface area contributed by atoms with E-state index >= 15 is 0 Å². The van der Waals surface area contributed by atoms with Gasteiger partial charge in [-0.2, -0.15) is 0 Å². The Bertz CT molecular complexity index is 1120. The zero-order valence-electron chi connectivity index (χ0n) is 17.1. The predicted molar refractivity (Wildman–Crippen MR) is 125 cm³/mol. The van der Waals surface area contributed by atoms with Crippen molar-refractivity contribution in [3.05, 3.63) is 57.6 Å². The van der Waals surface area contributed by atoms with Crippen molar-refractivity contribution >= 4 is 46.2 Å². The van der Waals surface area contributed by atoms with Crippen LogP contribution in [0.15, 0.2) is 30.7 Å². The second-order valence-corrected chi connectivity index (χ2v) is 8.21. The van der Waals surface area contributed by atoms with Gasteiger partial charge in [-0.15, -0.1) is 0 Å². The van der Waals surface area contributed by atoms with Crippen LogP contribution in [0.3, 0.4) is 0 Å². The Kier molecular flexibility index (Phi) is 6.75. The van der Waals surface area contributed by atoms with Gasteiger partial charge in [0.1, 0.15) is 11.3 Å². The number of hydrogen-bond donors (Lipinski definition) is 4. The molecule has 9 heteroatoms. The normalized spacial score (nSPS) is 15.3. The van der Waals surface area contributed by atoms with Crippen molar-refractivity contribution in [3.8, 4) is 5.75 Å². The topological polar surface area (TPSA) is 98.7 Å². The summed E-state index contributed by atoms with van der Waals surface area (Å²) in [5, 5.41) is 15.7. The Hall–Kier alpha value is -2.61. The van der Waals surface area contributed by atoms with Gasteiger partial charge in [0.2, 0.25) is 0 Å². The van der Waals surface area contributed by atoms with E-state index in [4.69, 9.17) is 38.3 Å². The Labute approximate surface area is 190 Å². The van der Waals surface area contributed by atoms with E-state index in [2.05, 4.69) is 20.6 Å². The van der Waals surface area contributed by atoms with Gasteiger partial charge in [-0.1, -0.05) is 23.2 Å². The van der Waals surface area contributed by atoms with Gasteiger partial charge in [0.15, 0.2) is 5.65 Å². The molecule has 31 heavy (non-hydrogen) atoms. The monoisotopic (exact) mass is 458 g/mol. The molecule has 1 fully saturated rings. The quantitative estimate of drug-likeness (QED) is 0.397. The first-order chi connectivity index (χ1) is 15.1. The molecule has 0 unspecified atom stereocenters. The number of rotatable bonds is 7. The minimum Gasteiger partial charge on any atom is -0.495 e. The fourth-order valence-electron chi connectivity index (χ4n) is 3.69. The maximum Gasteiger partial charge on any atom is 0.156 e. The lowest BCUT2D eigenvalue weighted by molar-refractivity contribution is 0.414. The second-order valence-electron chi connectivity index (χ2n) is 7.42. The SMILES string of the molecule is COc1ccc(Cl)c(Cc2c[nH]c3ncc(/C(C=N)=C/NC4CCNCC4)nc23)c1Cl. The number of aromatic amines is 1. The van der Waals surface area contributed by atoms with Crippen molar-refractivity contribution < 1.29 is 4.74 Å². The summed E-state index contributed by atoms with van der Waals surface area (Å²) in [4.78, 5) is 12.4. The summed E-state index contributed by atoms with van der Waals surface area (Å²) in [5.41, 5.74) is 4.39. The summed E-state index contributed by atoms with van der Waals surface area (Å²) >= 11 is 12.9. The maximum absolute atomic E-state index is 7.85. The van der Waals surface area contributed by atoms with Crippen molar-refractivity contribution in [1.82, 2.24) is 25.6 Å². The Morgan fingerprint density at radius 3 is 2.87 bits per heavy atom. The van der Waals surface area contributed by atoms with E-state index in [1.165, 1.54) is 6.21 Å². The van der Waals surface area contributed by atoms with Crippen molar-refractivity contribution in [2.45, 2.75) is 25.3 Å². The third-order valence-electron chi connectivity index (χ3n) is 5.46. The molecule has 1 saturated heterocycles. The minimum atomic E-state index is 0.396. The van der Waals surface area contributed by atoms with Gasteiger partial charge in [-0.05, 0) is 43.6 Å². The number of methoxy groups -OCH3 is 1. The van der Waals surface area contributed by atoms with E-state index in [1.807, 2.05) is 12.4 Å². The number of allylic oxidation sites excluding steroid dienone is 1. The lowest BCUT2D eigenvalue weighted by Crippen LogP contribution is -2.37. The summed E-state index contributed by atoms with van der Waals surface area (Å²) in [6.07, 6.45) is 9.28. The molecule has 0 amide bonds. The summed E-state index contributed by atoms with van der Waals surface area (Å²) < 4.78 is 5.32. The number of piperidine rings is 1. The highest BCUT2D eigenvalue weighted by Gasteiger charge is 2.16. The van der Waals surface area contributed by atoms with Crippen LogP contribution in [0.1, 0.15) is 29.7 Å². The van der Waals surface area contributed by atoms with Crippen LogP contribution in [-0.4, -0.2) is 47.4 Å². The zero-order chi connectivity index (χ0) is 21.8. The summed E-state index contributed by atoms with van der Waals surface area (Å²) in [7, 11) is 1.57. The van der Waals surface area contributed by atoms with Crippen LogP contribution in [0.2, 0.25) is 10.0 Å². The molecule has 1 aromatic carbocycles. The Morgan fingerprint density at radius 2 is 2.13 bits per heavy atom. The summed E-state index contributed by atoms with van der Waals surface area (Å²) in [6, 6.07) is 3.92. The molecule has 1 aliphatic rings. The third-order valence-corrected chi connectivity index (χ3v) is 6.23. The van der Waals surface area contributed by atoms with Crippen LogP contribution >= 0.6 is 23.2 Å². The minimum absolute atomic E-state index is 0.396. The largest absolute Gasteiger partial charge is 0.495 e. The number of halogens is 2. The molecule has 0 spiro atoms. The van der Waals surface area contributed by atoms with Crippen molar-refractivity contribution in [2.24, 2.45) is 0 Å². The number of aromatic nitrogens is 3. The number of nitrogens with zero attached hydrogens (tertiary/aromatic N) is 2. The van der Waals surface area contributed by atoms with E-state index < -0.39 is 0 Å². The van der Waals surface area contributed by atoms with Crippen LogP contribution in [-0.2, 0) is 6.42 Å². The van der Waals surface area contributed by atoms with Gasteiger partial charge in [0.25, 0.3) is 0 Å². The number of H-pyrrole nitrogens is 1. The number of nitrogens with one attached hydrogen (secondary N) is 4. The first-order valence-corrected chi connectivity index (χ1v) is 10.9. The number of ether oxygens (including phenoxy) is 1. The predicted octanol–water partition coefficient (Wildman–Crippen LogP) is 4.20. The van der Waals surface area contributed by atoms with Gasteiger partial charge >= 0.3 is 0 Å². The molecular formula is C22H24Cl2N6O. The first-order valence-electron chi connectivity index (χ1n) is 10.1. The van der Waals surface area contributed by atoms with Gasteiger partial charge in [-0.25, -0.2) is 9.97 Å². The highest BCUT2D eigenvalue weighted by molar-refractivity contribution is 6.37. The van der Waals surface area contributed by atoms with Crippen molar-refractivity contribution in [2.75, 3.05) is 20.2 Å². The lowest BCUT2D eigenvalue weighted by Gasteiger charge is -2.23. The molecule has 3 aromatic rings. The molecule has 162 valence electrons. The number of fused-ring (bicyclic) bond motifs is 1. The second kappa shape index (κ2) is 9.68. The average molecular weight is 459 g/mol. The van der Waals surface area contributed by atoms with Crippen LogP contribution in [0.25, 0.3) is 16.7 Å². The van der Waals surface area contributed by atoms with Crippen molar-refractivity contribution in [3.63, 3.8) is 0 Å². The molecular weight excluding hydrogens is 435 g/mol. The fourth-order valence-corrected chi connectivity index (χ4v) is 4.27. The Balaban J connectivity index is 1.64. The first kappa shape index (κ1) is 21.6. The van der Waals surface area contributed by atoms with E-state index in [0.717, 1.165) is 42.6 Å². The fraction of sp³-hybridized carbons (Fsp3) is 0.318. The Morgan fingerprint density at radius 1 is 1.32 bits per heavy atom. The van der Waals surface area contributed by atoms with E-state index in [9.17, 15) is 0 Å². The molecule has 0 radical (unpaired) electrons.